The molecule has 1 saturated heterocycles. The molecule has 0 bridgehead atoms. The van der Waals surface area contributed by atoms with E-state index in [2.05, 4.69) is 5.32 Å². The summed E-state index contributed by atoms with van der Waals surface area (Å²) in [4.78, 5) is 0. The van der Waals surface area contributed by atoms with E-state index in [1.165, 1.54) is 0 Å². The summed E-state index contributed by atoms with van der Waals surface area (Å²) < 4.78 is 22.6. The van der Waals surface area contributed by atoms with Gasteiger partial charge in [0.15, 0.2) is 9.84 Å². The average Bonchev–Trinajstić information content (AvgIpc) is 2.58. The molecule has 1 aliphatic carbocycles. The molecule has 0 aromatic rings. The molecule has 4 nitrogen and oxygen atoms in total. The van der Waals surface area contributed by atoms with Crippen LogP contribution >= 0.6 is 0 Å². The molecular weight excluding hydrogens is 224 g/mol. The number of sulfone groups is 1. The smallest absolute Gasteiger partial charge is 0.150 e. The van der Waals surface area contributed by atoms with Crippen molar-refractivity contribution in [3.8, 4) is 0 Å². The third kappa shape index (κ3) is 3.43. The first-order valence-electron chi connectivity index (χ1n) is 6.24. The van der Waals surface area contributed by atoms with Crippen molar-refractivity contribution in [2.75, 3.05) is 18.1 Å². The lowest BCUT2D eigenvalue weighted by molar-refractivity contribution is 0.329. The molecule has 1 saturated carbocycles. The molecule has 1 heterocycles. The lowest BCUT2D eigenvalue weighted by Gasteiger charge is -2.27. The molecule has 2 aliphatic rings. The maximum absolute atomic E-state index is 11.3. The van der Waals surface area contributed by atoms with Crippen molar-refractivity contribution in [1.82, 2.24) is 5.32 Å². The highest BCUT2D eigenvalue weighted by Gasteiger charge is 2.28. The van der Waals surface area contributed by atoms with Crippen LogP contribution in [0.4, 0.5) is 0 Å². The van der Waals surface area contributed by atoms with E-state index in [1.807, 2.05) is 0 Å². The molecule has 0 aromatic heterocycles. The predicted molar refractivity (Wildman–Crippen MR) is 65.0 cm³/mol. The second-order valence-corrected chi connectivity index (χ2v) is 7.52. The average molecular weight is 246 g/mol. The van der Waals surface area contributed by atoms with Crippen molar-refractivity contribution < 1.29 is 8.42 Å². The lowest BCUT2D eigenvalue weighted by atomic mass is 9.91. The predicted octanol–water partition coefficient (Wildman–Crippen LogP) is 0.281. The first-order valence-corrected chi connectivity index (χ1v) is 8.07. The summed E-state index contributed by atoms with van der Waals surface area (Å²) >= 11 is 0. The Labute approximate surface area is 97.9 Å². The van der Waals surface area contributed by atoms with Crippen molar-refractivity contribution in [2.24, 2.45) is 11.7 Å². The standard InChI is InChI=1S/C11H22N2O2S/c12-10-1-3-11(4-2-10)13-7-9-5-6-16(14,15)8-9/h9-11,13H,1-8,12H2. The van der Waals surface area contributed by atoms with E-state index in [9.17, 15) is 8.42 Å². The van der Waals surface area contributed by atoms with Crippen LogP contribution in [-0.4, -0.2) is 38.6 Å². The zero-order valence-corrected chi connectivity index (χ0v) is 10.5. The summed E-state index contributed by atoms with van der Waals surface area (Å²) in [5, 5.41) is 3.50. The highest BCUT2D eigenvalue weighted by molar-refractivity contribution is 7.91. The normalized spacial score (nSPS) is 38.7. The third-order valence-electron chi connectivity index (χ3n) is 3.79. The van der Waals surface area contributed by atoms with E-state index in [0.29, 0.717) is 29.5 Å². The van der Waals surface area contributed by atoms with Crippen molar-refractivity contribution >= 4 is 9.84 Å². The number of nitrogens with one attached hydrogen (secondary N) is 1. The van der Waals surface area contributed by atoms with E-state index in [4.69, 9.17) is 5.73 Å². The van der Waals surface area contributed by atoms with Crippen LogP contribution in [0.25, 0.3) is 0 Å². The van der Waals surface area contributed by atoms with E-state index in [1.54, 1.807) is 0 Å². The van der Waals surface area contributed by atoms with E-state index in [-0.39, 0.29) is 0 Å². The van der Waals surface area contributed by atoms with Crippen LogP contribution in [-0.2, 0) is 9.84 Å². The van der Waals surface area contributed by atoms with Gasteiger partial charge in [0.1, 0.15) is 0 Å². The largest absolute Gasteiger partial charge is 0.328 e. The van der Waals surface area contributed by atoms with Crippen LogP contribution in [0.2, 0.25) is 0 Å². The Morgan fingerprint density at radius 2 is 1.81 bits per heavy atom. The van der Waals surface area contributed by atoms with Crippen molar-refractivity contribution in [2.45, 2.75) is 44.2 Å². The summed E-state index contributed by atoms with van der Waals surface area (Å²) in [5.74, 6) is 1.10. The minimum atomic E-state index is -2.72. The van der Waals surface area contributed by atoms with Crippen molar-refractivity contribution in [3.05, 3.63) is 0 Å². The minimum Gasteiger partial charge on any atom is -0.328 e. The fraction of sp³-hybridized carbons (Fsp3) is 1.00. The third-order valence-corrected chi connectivity index (χ3v) is 5.63. The first kappa shape index (κ1) is 12.3. The van der Waals surface area contributed by atoms with Gasteiger partial charge in [0, 0.05) is 12.1 Å². The molecule has 2 fully saturated rings. The molecule has 0 aromatic carbocycles. The molecule has 3 N–H and O–H groups in total. The Morgan fingerprint density at radius 3 is 2.38 bits per heavy atom. The molecule has 0 amide bonds. The van der Waals surface area contributed by atoms with Crippen LogP contribution in [0, 0.1) is 5.92 Å². The van der Waals surface area contributed by atoms with Crippen LogP contribution in [0.15, 0.2) is 0 Å². The zero-order chi connectivity index (χ0) is 11.6. The highest BCUT2D eigenvalue weighted by atomic mass is 32.2. The Balaban J connectivity index is 1.68. The van der Waals surface area contributed by atoms with Crippen LogP contribution in [0.5, 0.6) is 0 Å². The van der Waals surface area contributed by atoms with Crippen LogP contribution in [0.3, 0.4) is 0 Å². The van der Waals surface area contributed by atoms with Gasteiger partial charge in [-0.3, -0.25) is 0 Å². The minimum absolute atomic E-state index is 0.334. The van der Waals surface area contributed by atoms with Gasteiger partial charge in [-0.05, 0) is 44.6 Å². The second-order valence-electron chi connectivity index (χ2n) is 5.29. The Kier molecular flexibility index (Phi) is 3.87. The fourth-order valence-corrected chi connectivity index (χ4v) is 4.55. The van der Waals surface area contributed by atoms with Gasteiger partial charge in [0.05, 0.1) is 11.5 Å². The van der Waals surface area contributed by atoms with Crippen molar-refractivity contribution in [1.29, 1.82) is 0 Å². The van der Waals surface area contributed by atoms with E-state index >= 15 is 0 Å². The van der Waals surface area contributed by atoms with Gasteiger partial charge in [-0.15, -0.1) is 0 Å². The summed E-state index contributed by atoms with van der Waals surface area (Å²) in [6.45, 7) is 0.860. The fourth-order valence-electron chi connectivity index (χ4n) is 2.69. The Bertz CT molecular complexity index is 321. The topological polar surface area (TPSA) is 72.2 Å². The molecule has 16 heavy (non-hydrogen) atoms. The van der Waals surface area contributed by atoms with Gasteiger partial charge >= 0.3 is 0 Å². The van der Waals surface area contributed by atoms with Gasteiger partial charge in [-0.25, -0.2) is 8.42 Å². The zero-order valence-electron chi connectivity index (χ0n) is 9.69. The molecule has 0 spiro atoms. The van der Waals surface area contributed by atoms with Crippen molar-refractivity contribution in [3.63, 3.8) is 0 Å². The van der Waals surface area contributed by atoms with E-state index in [0.717, 1.165) is 38.6 Å². The molecule has 1 aliphatic heterocycles. The van der Waals surface area contributed by atoms with Crippen LogP contribution < -0.4 is 11.1 Å². The lowest BCUT2D eigenvalue weighted by Crippen LogP contribution is -2.39. The van der Waals surface area contributed by atoms with Gasteiger partial charge in [0.2, 0.25) is 0 Å². The number of hydrogen-bond donors (Lipinski definition) is 2. The first-order chi connectivity index (χ1) is 7.55. The van der Waals surface area contributed by atoms with Gasteiger partial charge in [0.25, 0.3) is 0 Å². The Morgan fingerprint density at radius 1 is 1.12 bits per heavy atom. The summed E-state index contributed by atoms with van der Waals surface area (Å²) in [7, 11) is -2.72. The van der Waals surface area contributed by atoms with Gasteiger partial charge < -0.3 is 11.1 Å². The number of rotatable bonds is 3. The molecule has 0 radical (unpaired) electrons. The molecular formula is C11H22N2O2S. The quantitative estimate of drug-likeness (QED) is 0.750. The molecule has 1 unspecified atom stereocenters. The molecule has 94 valence electrons. The molecule has 1 atom stereocenters. The Hall–Kier alpha value is -0.130. The second kappa shape index (κ2) is 5.02. The summed E-state index contributed by atoms with van der Waals surface area (Å²) in [6, 6.07) is 0.938. The SMILES string of the molecule is NC1CCC(NCC2CCS(=O)(=O)C2)CC1. The number of hydrogen-bond acceptors (Lipinski definition) is 4. The summed E-state index contributed by atoms with van der Waals surface area (Å²) in [6.07, 6.45) is 5.31. The van der Waals surface area contributed by atoms with Crippen LogP contribution in [0.1, 0.15) is 32.1 Å². The van der Waals surface area contributed by atoms with Gasteiger partial charge in [-0.1, -0.05) is 0 Å². The van der Waals surface area contributed by atoms with Gasteiger partial charge in [-0.2, -0.15) is 0 Å². The number of nitrogens with two attached hydrogens (primary N) is 1. The molecule has 2 rings (SSSR count). The van der Waals surface area contributed by atoms with E-state index < -0.39 is 9.84 Å². The highest BCUT2D eigenvalue weighted by Crippen LogP contribution is 2.20. The maximum atomic E-state index is 11.3. The monoisotopic (exact) mass is 246 g/mol. The maximum Gasteiger partial charge on any atom is 0.150 e. The summed E-state index contributed by atoms with van der Waals surface area (Å²) in [5.41, 5.74) is 5.84. The molecule has 5 heteroatoms.